The third-order valence-electron chi connectivity index (χ3n) is 7.30. The quantitative estimate of drug-likeness (QED) is 0.359. The number of piperidine rings is 2. The van der Waals surface area contributed by atoms with E-state index in [1.807, 2.05) is 6.07 Å². The van der Waals surface area contributed by atoms with Crippen LogP contribution in [0.3, 0.4) is 0 Å². The van der Waals surface area contributed by atoms with Gasteiger partial charge >= 0.3 is 12.3 Å². The summed E-state index contributed by atoms with van der Waals surface area (Å²) in [4.78, 5) is 32.9. The van der Waals surface area contributed by atoms with Crippen LogP contribution in [0.2, 0.25) is 5.02 Å². The number of nitrogens with one attached hydrogen (secondary N) is 1. The smallest absolute Gasteiger partial charge is 0.416 e. The van der Waals surface area contributed by atoms with Crippen molar-refractivity contribution >= 4 is 50.3 Å². The molecular formula is C26H26ClF3N4O3S. The molecule has 0 radical (unpaired) electrons. The van der Waals surface area contributed by atoms with Gasteiger partial charge in [-0.2, -0.15) is 13.2 Å². The van der Waals surface area contributed by atoms with Crippen molar-refractivity contribution in [3.8, 4) is 0 Å². The van der Waals surface area contributed by atoms with Crippen LogP contribution in [0.15, 0.2) is 36.4 Å². The number of nitrogens with zero attached hydrogens (tertiary/aromatic N) is 3. The molecule has 2 amide bonds. The summed E-state index contributed by atoms with van der Waals surface area (Å²) in [7, 11) is 0. The molecule has 5 rings (SSSR count). The van der Waals surface area contributed by atoms with E-state index in [2.05, 4.69) is 15.2 Å². The molecule has 38 heavy (non-hydrogen) atoms. The molecule has 7 nitrogen and oxygen atoms in total. The molecule has 0 spiro atoms. The van der Waals surface area contributed by atoms with Crippen LogP contribution in [0.4, 0.5) is 23.1 Å². The monoisotopic (exact) mass is 566 g/mol. The summed E-state index contributed by atoms with van der Waals surface area (Å²) < 4.78 is 39.6. The molecule has 3 heterocycles. The first-order chi connectivity index (χ1) is 18.1. The Bertz CT molecular complexity index is 1360. The number of hydrogen-bond donors (Lipinski definition) is 2. The second-order valence-electron chi connectivity index (χ2n) is 9.64. The second kappa shape index (κ2) is 10.7. The molecule has 3 aromatic rings. The van der Waals surface area contributed by atoms with Crippen molar-refractivity contribution in [2.24, 2.45) is 0 Å². The van der Waals surface area contributed by atoms with Gasteiger partial charge in [-0.25, -0.2) is 9.78 Å². The van der Waals surface area contributed by atoms with E-state index in [-0.39, 0.29) is 17.2 Å². The fourth-order valence-corrected chi connectivity index (χ4v) is 6.52. The van der Waals surface area contributed by atoms with Gasteiger partial charge in [0.15, 0.2) is 5.13 Å². The Hall–Kier alpha value is -2.89. The number of likely N-dealkylation sites (tertiary alicyclic amines) is 2. The van der Waals surface area contributed by atoms with Crippen molar-refractivity contribution in [3.05, 3.63) is 58.1 Å². The van der Waals surface area contributed by atoms with E-state index in [0.717, 1.165) is 67.7 Å². The maximum Gasteiger partial charge on any atom is 0.416 e. The van der Waals surface area contributed by atoms with Gasteiger partial charge in [0.05, 0.1) is 15.8 Å². The highest BCUT2D eigenvalue weighted by Crippen LogP contribution is 2.38. The van der Waals surface area contributed by atoms with Crippen LogP contribution in [-0.2, 0) is 6.18 Å². The van der Waals surface area contributed by atoms with Crippen LogP contribution in [0.25, 0.3) is 10.2 Å². The molecule has 2 aliphatic heterocycles. The van der Waals surface area contributed by atoms with Gasteiger partial charge in [0.25, 0.3) is 5.91 Å². The summed E-state index contributed by atoms with van der Waals surface area (Å²) in [6.07, 6.45) is -1.04. The highest BCUT2D eigenvalue weighted by atomic mass is 35.5. The molecule has 2 aromatic carbocycles. The van der Waals surface area contributed by atoms with Crippen LogP contribution in [-0.4, -0.2) is 57.6 Å². The molecule has 2 saturated heterocycles. The number of carboxylic acid groups (broad SMARTS) is 1. The predicted molar refractivity (Wildman–Crippen MR) is 140 cm³/mol. The second-order valence-corrected chi connectivity index (χ2v) is 11.1. The highest BCUT2D eigenvalue weighted by Gasteiger charge is 2.35. The van der Waals surface area contributed by atoms with Crippen molar-refractivity contribution in [2.75, 3.05) is 25.0 Å². The van der Waals surface area contributed by atoms with Crippen molar-refractivity contribution in [2.45, 2.75) is 50.4 Å². The topological polar surface area (TPSA) is 85.8 Å². The summed E-state index contributed by atoms with van der Waals surface area (Å²) in [5.74, 6) is -0.427. The molecule has 2 N–H and O–H groups in total. The minimum absolute atomic E-state index is 0.0344. The van der Waals surface area contributed by atoms with Gasteiger partial charge in [-0.15, -0.1) is 0 Å². The summed E-state index contributed by atoms with van der Waals surface area (Å²) in [5.41, 5.74) is 0.825. The number of amides is 2. The number of halogens is 4. The first-order valence-corrected chi connectivity index (χ1v) is 13.6. The molecule has 0 aliphatic carbocycles. The van der Waals surface area contributed by atoms with E-state index < -0.39 is 23.7 Å². The lowest BCUT2D eigenvalue weighted by molar-refractivity contribution is -0.137. The molecule has 2 fully saturated rings. The SMILES string of the molecule is O=C(Nc1nc2ccc(C(F)(F)F)cc2s1)c1cc(Cl)ccc1C1CCCCN1C1CCN(C(=O)O)CC1. The number of hydrogen-bond acceptors (Lipinski definition) is 5. The molecule has 12 heteroatoms. The van der Waals surface area contributed by atoms with E-state index in [1.54, 1.807) is 12.1 Å². The molecule has 1 unspecified atom stereocenters. The van der Waals surface area contributed by atoms with Gasteiger partial charge in [-0.1, -0.05) is 35.4 Å². The number of fused-ring (bicyclic) bond motifs is 1. The van der Waals surface area contributed by atoms with Crippen LogP contribution in [0, 0.1) is 0 Å². The van der Waals surface area contributed by atoms with E-state index >= 15 is 0 Å². The summed E-state index contributed by atoms with van der Waals surface area (Å²) in [5, 5.41) is 12.7. The highest BCUT2D eigenvalue weighted by molar-refractivity contribution is 7.22. The molecule has 1 aromatic heterocycles. The molecule has 202 valence electrons. The van der Waals surface area contributed by atoms with Gasteiger partial charge in [-0.05, 0) is 68.1 Å². The third-order valence-corrected chi connectivity index (χ3v) is 8.47. The Morgan fingerprint density at radius 1 is 1.05 bits per heavy atom. The summed E-state index contributed by atoms with van der Waals surface area (Å²) in [6, 6.07) is 8.70. The fraction of sp³-hybridized carbons (Fsp3) is 0.423. The van der Waals surface area contributed by atoms with Crippen LogP contribution in [0.5, 0.6) is 0 Å². The van der Waals surface area contributed by atoms with Crippen molar-refractivity contribution in [3.63, 3.8) is 0 Å². The zero-order valence-electron chi connectivity index (χ0n) is 20.3. The van der Waals surface area contributed by atoms with E-state index in [4.69, 9.17) is 11.6 Å². The Morgan fingerprint density at radius 3 is 2.53 bits per heavy atom. The van der Waals surface area contributed by atoms with Gasteiger partial charge in [0.1, 0.15) is 0 Å². The van der Waals surface area contributed by atoms with Gasteiger partial charge in [0.2, 0.25) is 0 Å². The number of benzene rings is 2. The number of carbonyl (C=O) groups excluding carboxylic acids is 1. The third kappa shape index (κ3) is 5.60. The maximum absolute atomic E-state index is 13.5. The largest absolute Gasteiger partial charge is 0.465 e. The lowest BCUT2D eigenvalue weighted by atomic mass is 9.88. The molecule has 2 aliphatic rings. The predicted octanol–water partition coefficient (Wildman–Crippen LogP) is 6.89. The molecular weight excluding hydrogens is 541 g/mol. The molecule has 0 bridgehead atoms. The molecule has 0 saturated carbocycles. The minimum Gasteiger partial charge on any atom is -0.465 e. The van der Waals surface area contributed by atoms with Crippen LogP contribution < -0.4 is 5.32 Å². The van der Waals surface area contributed by atoms with Crippen molar-refractivity contribution in [1.29, 1.82) is 0 Å². The first kappa shape index (κ1) is 26.7. The fourth-order valence-electron chi connectivity index (χ4n) is 5.45. The van der Waals surface area contributed by atoms with E-state index in [1.165, 1.54) is 11.0 Å². The van der Waals surface area contributed by atoms with Crippen LogP contribution >= 0.6 is 22.9 Å². The Morgan fingerprint density at radius 2 is 1.82 bits per heavy atom. The van der Waals surface area contributed by atoms with E-state index in [0.29, 0.717) is 33.9 Å². The minimum atomic E-state index is -4.46. The van der Waals surface area contributed by atoms with E-state index in [9.17, 15) is 27.9 Å². The zero-order chi connectivity index (χ0) is 27.0. The first-order valence-electron chi connectivity index (χ1n) is 12.4. The van der Waals surface area contributed by atoms with Gasteiger partial charge in [-0.3, -0.25) is 15.0 Å². The molecule has 1 atom stereocenters. The number of anilines is 1. The lowest BCUT2D eigenvalue weighted by Gasteiger charge is -2.44. The lowest BCUT2D eigenvalue weighted by Crippen LogP contribution is -2.49. The van der Waals surface area contributed by atoms with Crippen molar-refractivity contribution < 1.29 is 27.9 Å². The standard InChI is InChI=1S/C26H26ClF3N4O3S/c27-16-5-6-18(21-3-1-2-10-34(21)17-8-11-33(12-9-17)25(36)37)19(14-16)23(35)32-24-31-20-7-4-15(26(28,29)30)13-22(20)38-24/h4-7,13-14,17,21H,1-3,8-12H2,(H,36,37)(H,31,32,35). The number of carbonyl (C=O) groups is 2. The average Bonchev–Trinajstić information content (AvgIpc) is 3.30. The summed E-state index contributed by atoms with van der Waals surface area (Å²) >= 11 is 7.27. The number of aromatic nitrogens is 1. The maximum atomic E-state index is 13.5. The normalized spacial score (nSPS) is 19.6. The Kier molecular flexibility index (Phi) is 7.52. The van der Waals surface area contributed by atoms with Crippen molar-refractivity contribution in [1.82, 2.24) is 14.8 Å². The summed E-state index contributed by atoms with van der Waals surface area (Å²) in [6.45, 7) is 1.81. The Labute approximate surface area is 226 Å². The van der Waals surface area contributed by atoms with Crippen LogP contribution in [0.1, 0.15) is 59.6 Å². The zero-order valence-corrected chi connectivity index (χ0v) is 21.9. The average molecular weight is 567 g/mol. The Balaban J connectivity index is 1.39. The van der Waals surface area contributed by atoms with Gasteiger partial charge < -0.3 is 10.0 Å². The van der Waals surface area contributed by atoms with Gasteiger partial charge in [0, 0.05) is 35.8 Å². The number of thiazole rings is 1. The number of alkyl halides is 3. The number of rotatable bonds is 4.